The van der Waals surface area contributed by atoms with Gasteiger partial charge in [0.25, 0.3) is 0 Å². The summed E-state index contributed by atoms with van der Waals surface area (Å²) in [5.41, 5.74) is 0.747. The number of carbonyl (C=O) groups excluding carboxylic acids is 1. The monoisotopic (exact) mass is 494 g/mol. The SMILES string of the molecule is Cc1cc(Cl)c(O)c(S(=O)Nc2cc(-c3ccccc3OC(C)CNC=O)c(F)cc2F)c1. The van der Waals surface area contributed by atoms with Crippen LogP contribution in [0.5, 0.6) is 11.5 Å². The zero-order valence-corrected chi connectivity index (χ0v) is 19.3. The summed E-state index contributed by atoms with van der Waals surface area (Å²) in [5, 5.41) is 12.6. The van der Waals surface area contributed by atoms with Crippen molar-refractivity contribution in [3.8, 4) is 22.6 Å². The highest BCUT2D eigenvalue weighted by atomic mass is 35.5. The number of amides is 1. The highest BCUT2D eigenvalue weighted by Gasteiger charge is 2.19. The maximum atomic E-state index is 14.8. The number of rotatable bonds is 9. The number of hydrogen-bond donors (Lipinski definition) is 3. The number of halogens is 3. The molecule has 0 saturated heterocycles. The maximum absolute atomic E-state index is 14.8. The average molecular weight is 495 g/mol. The van der Waals surface area contributed by atoms with Crippen LogP contribution in [-0.2, 0) is 15.8 Å². The van der Waals surface area contributed by atoms with Gasteiger partial charge in [-0.1, -0.05) is 29.8 Å². The molecule has 0 bridgehead atoms. The molecule has 6 nitrogen and oxygen atoms in total. The van der Waals surface area contributed by atoms with Crippen molar-refractivity contribution in [2.45, 2.75) is 24.8 Å². The van der Waals surface area contributed by atoms with E-state index >= 15 is 0 Å². The molecule has 0 fully saturated rings. The maximum Gasteiger partial charge on any atom is 0.207 e. The van der Waals surface area contributed by atoms with Gasteiger partial charge in [0, 0.05) is 17.2 Å². The number of phenols is 1. The summed E-state index contributed by atoms with van der Waals surface area (Å²) in [6.45, 7) is 3.66. The van der Waals surface area contributed by atoms with Gasteiger partial charge in [0.05, 0.1) is 17.3 Å². The van der Waals surface area contributed by atoms with Gasteiger partial charge in [-0.25, -0.2) is 13.0 Å². The Hall–Kier alpha value is -3.17. The molecule has 2 atom stereocenters. The van der Waals surface area contributed by atoms with Crippen molar-refractivity contribution in [2.75, 3.05) is 11.3 Å². The van der Waals surface area contributed by atoms with Crippen LogP contribution in [0.15, 0.2) is 53.4 Å². The first kappa shape index (κ1) is 24.5. The van der Waals surface area contributed by atoms with Crippen molar-refractivity contribution >= 4 is 34.7 Å². The normalized spacial score (nSPS) is 12.6. The van der Waals surface area contributed by atoms with Crippen LogP contribution < -0.4 is 14.8 Å². The van der Waals surface area contributed by atoms with Gasteiger partial charge in [-0.2, -0.15) is 0 Å². The number of aryl methyl sites for hydroxylation is 1. The highest BCUT2D eigenvalue weighted by molar-refractivity contribution is 7.86. The van der Waals surface area contributed by atoms with Crippen LogP contribution in [0.1, 0.15) is 12.5 Å². The first-order valence-electron chi connectivity index (χ1n) is 9.81. The van der Waals surface area contributed by atoms with Gasteiger partial charge in [0.15, 0.2) is 16.7 Å². The number of ether oxygens (including phenoxy) is 1. The van der Waals surface area contributed by atoms with Crippen LogP contribution in [0.25, 0.3) is 11.1 Å². The second kappa shape index (κ2) is 10.6. The summed E-state index contributed by atoms with van der Waals surface area (Å²) in [5.74, 6) is -1.89. The number of carbonyl (C=O) groups is 1. The Morgan fingerprint density at radius 3 is 2.61 bits per heavy atom. The first-order chi connectivity index (χ1) is 15.7. The van der Waals surface area contributed by atoms with Crippen LogP contribution >= 0.6 is 11.6 Å². The van der Waals surface area contributed by atoms with E-state index < -0.39 is 34.5 Å². The van der Waals surface area contributed by atoms with Crippen molar-refractivity contribution in [2.24, 2.45) is 0 Å². The van der Waals surface area contributed by atoms with Gasteiger partial charge in [-0.05, 0) is 43.7 Å². The zero-order chi connectivity index (χ0) is 24.1. The summed E-state index contributed by atoms with van der Waals surface area (Å²) in [4.78, 5) is 10.5. The molecule has 0 radical (unpaired) electrons. The molecule has 2 unspecified atom stereocenters. The van der Waals surface area contributed by atoms with E-state index in [1.165, 1.54) is 18.2 Å². The van der Waals surface area contributed by atoms with E-state index in [0.717, 1.165) is 0 Å². The Labute approximate surface area is 197 Å². The lowest BCUT2D eigenvalue weighted by atomic mass is 10.0. The second-order valence-corrected chi connectivity index (χ2v) is 8.82. The minimum atomic E-state index is -2.09. The molecule has 0 aliphatic carbocycles. The minimum absolute atomic E-state index is 0.00434. The summed E-state index contributed by atoms with van der Waals surface area (Å²) in [6.07, 6.45) is 0.127. The molecule has 0 spiro atoms. The van der Waals surface area contributed by atoms with E-state index in [9.17, 15) is 22.9 Å². The molecule has 3 N–H and O–H groups in total. The van der Waals surface area contributed by atoms with Crippen molar-refractivity contribution in [1.29, 1.82) is 0 Å². The van der Waals surface area contributed by atoms with Crippen LogP contribution in [-0.4, -0.2) is 28.4 Å². The van der Waals surface area contributed by atoms with Crippen LogP contribution in [0.3, 0.4) is 0 Å². The summed E-state index contributed by atoms with van der Waals surface area (Å²) in [7, 11) is -2.09. The summed E-state index contributed by atoms with van der Waals surface area (Å²) >= 11 is 5.94. The molecule has 0 aliphatic rings. The molecular formula is C23H21ClF2N2O4S. The number of hydrogen-bond acceptors (Lipinski definition) is 4. The first-order valence-corrected chi connectivity index (χ1v) is 11.3. The molecule has 174 valence electrons. The van der Waals surface area contributed by atoms with Gasteiger partial charge in [-0.3, -0.25) is 9.52 Å². The van der Waals surface area contributed by atoms with Crippen LogP contribution in [0.4, 0.5) is 14.5 Å². The molecule has 3 aromatic carbocycles. The lowest BCUT2D eigenvalue weighted by molar-refractivity contribution is -0.109. The van der Waals surface area contributed by atoms with Gasteiger partial charge >= 0.3 is 0 Å². The Bertz CT molecular complexity index is 1210. The van der Waals surface area contributed by atoms with Gasteiger partial charge < -0.3 is 15.2 Å². The van der Waals surface area contributed by atoms with Crippen molar-refractivity contribution in [3.63, 3.8) is 0 Å². The largest absolute Gasteiger partial charge is 0.505 e. The molecular weight excluding hydrogens is 474 g/mol. The van der Waals surface area contributed by atoms with Gasteiger partial charge in [0.1, 0.15) is 28.4 Å². The fourth-order valence-electron chi connectivity index (χ4n) is 3.10. The van der Waals surface area contributed by atoms with E-state index in [4.69, 9.17) is 16.3 Å². The van der Waals surface area contributed by atoms with Crippen LogP contribution in [0.2, 0.25) is 5.02 Å². The number of phenolic OH excluding ortho intramolecular Hbond substituents is 1. The number of nitrogens with one attached hydrogen (secondary N) is 2. The third kappa shape index (κ3) is 5.80. The van der Waals surface area contributed by atoms with E-state index in [2.05, 4.69) is 10.0 Å². The zero-order valence-electron chi connectivity index (χ0n) is 17.7. The van der Waals surface area contributed by atoms with E-state index in [0.29, 0.717) is 29.4 Å². The molecule has 1 amide bonds. The second-order valence-electron chi connectivity index (χ2n) is 7.23. The fraction of sp³-hybridized carbons (Fsp3) is 0.174. The Morgan fingerprint density at radius 2 is 1.88 bits per heavy atom. The average Bonchev–Trinajstić information content (AvgIpc) is 2.77. The Balaban J connectivity index is 1.96. The van der Waals surface area contributed by atoms with Crippen molar-refractivity contribution < 1.29 is 27.6 Å². The topological polar surface area (TPSA) is 87.7 Å². The van der Waals surface area contributed by atoms with Crippen molar-refractivity contribution in [1.82, 2.24) is 5.32 Å². The van der Waals surface area contributed by atoms with Gasteiger partial charge in [-0.15, -0.1) is 0 Å². The number of para-hydroxylation sites is 1. The standard InChI is InChI=1S/C23H21ClF2N2O4S/c1-13-7-17(24)23(30)22(8-13)33(31)28-20-9-16(18(25)10-19(20)26)15-5-3-4-6-21(15)32-14(2)11-27-12-29/h3-10,12,14,28,30H,11H2,1-2H3,(H,27,29). The van der Waals surface area contributed by atoms with Crippen molar-refractivity contribution in [3.05, 3.63) is 70.8 Å². The number of anilines is 1. The van der Waals surface area contributed by atoms with E-state index in [1.54, 1.807) is 38.1 Å². The van der Waals surface area contributed by atoms with Gasteiger partial charge in [0.2, 0.25) is 6.41 Å². The molecule has 10 heteroatoms. The number of benzene rings is 3. The smallest absolute Gasteiger partial charge is 0.207 e. The third-order valence-corrected chi connectivity index (χ3v) is 6.03. The predicted octanol–water partition coefficient (Wildman–Crippen LogP) is 4.95. The number of aromatic hydroxyl groups is 1. The Morgan fingerprint density at radius 1 is 1.15 bits per heavy atom. The lowest BCUT2D eigenvalue weighted by Gasteiger charge is -2.18. The molecule has 0 aromatic heterocycles. The summed E-state index contributed by atoms with van der Waals surface area (Å²) in [6, 6.07) is 11.4. The lowest BCUT2D eigenvalue weighted by Crippen LogP contribution is -2.28. The quantitative estimate of drug-likeness (QED) is 0.367. The van der Waals surface area contributed by atoms with E-state index in [-0.39, 0.29) is 27.7 Å². The predicted molar refractivity (Wildman–Crippen MR) is 124 cm³/mol. The third-order valence-electron chi connectivity index (χ3n) is 4.63. The molecule has 3 rings (SSSR count). The minimum Gasteiger partial charge on any atom is -0.505 e. The molecule has 33 heavy (non-hydrogen) atoms. The van der Waals surface area contributed by atoms with Crippen LogP contribution in [0, 0.1) is 18.6 Å². The molecule has 3 aromatic rings. The molecule has 0 aliphatic heterocycles. The molecule has 0 saturated carbocycles. The Kier molecular flexibility index (Phi) is 7.88. The molecule has 0 heterocycles. The summed E-state index contributed by atoms with van der Waals surface area (Å²) < 4.78 is 50.4. The van der Waals surface area contributed by atoms with E-state index in [1.807, 2.05) is 0 Å². The fourth-order valence-corrected chi connectivity index (χ4v) is 4.47. The highest BCUT2D eigenvalue weighted by Crippen LogP contribution is 2.36.